The molecule has 2 aromatic heterocycles. The fourth-order valence-corrected chi connectivity index (χ4v) is 3.66. The van der Waals surface area contributed by atoms with E-state index in [9.17, 15) is 13.2 Å². The Morgan fingerprint density at radius 3 is 2.62 bits per heavy atom. The van der Waals surface area contributed by atoms with Crippen molar-refractivity contribution >= 4 is 22.3 Å². The normalized spacial score (nSPS) is 16.2. The lowest BCUT2D eigenvalue weighted by atomic mass is 10.0. The van der Waals surface area contributed by atoms with Crippen molar-refractivity contribution < 1.29 is 13.2 Å². The number of piperidine rings is 1. The Morgan fingerprint density at radius 2 is 2.04 bits per heavy atom. The minimum Gasteiger partial charge on any atom is -0.375 e. The van der Waals surface area contributed by atoms with Crippen LogP contribution in [0.1, 0.15) is 30.5 Å². The molecule has 5 nitrogen and oxygen atoms in total. The largest absolute Gasteiger partial charge is 0.417 e. The molecule has 1 aliphatic rings. The summed E-state index contributed by atoms with van der Waals surface area (Å²) in [6, 6.07) is 2.98. The number of hydrogen-bond donors (Lipinski definition) is 2. The van der Waals surface area contributed by atoms with E-state index in [1.807, 2.05) is 10.3 Å². The third kappa shape index (κ3) is 5.07. The van der Waals surface area contributed by atoms with Gasteiger partial charge in [-0.2, -0.15) is 13.2 Å². The Labute approximate surface area is 154 Å². The third-order valence-corrected chi connectivity index (χ3v) is 5.23. The van der Waals surface area contributed by atoms with E-state index in [4.69, 9.17) is 5.73 Å². The van der Waals surface area contributed by atoms with E-state index in [-0.39, 0.29) is 0 Å². The number of thiazole rings is 1. The second kappa shape index (κ2) is 8.22. The van der Waals surface area contributed by atoms with Crippen molar-refractivity contribution in [2.24, 2.45) is 0 Å². The Balaban J connectivity index is 1.38. The van der Waals surface area contributed by atoms with Crippen LogP contribution in [0.4, 0.5) is 24.1 Å². The summed E-state index contributed by atoms with van der Waals surface area (Å²) in [6.07, 6.45) is 0.384. The highest BCUT2D eigenvalue weighted by atomic mass is 32.1. The first-order valence-corrected chi connectivity index (χ1v) is 9.51. The molecule has 1 saturated heterocycles. The van der Waals surface area contributed by atoms with Gasteiger partial charge in [-0.3, -0.25) is 0 Å². The molecular weight excluding hydrogens is 363 g/mol. The minimum atomic E-state index is -4.34. The molecule has 0 unspecified atom stereocenters. The van der Waals surface area contributed by atoms with E-state index in [0.717, 1.165) is 63.3 Å². The van der Waals surface area contributed by atoms with E-state index in [0.29, 0.717) is 17.0 Å². The molecule has 1 aliphatic heterocycles. The molecule has 0 saturated carbocycles. The van der Waals surface area contributed by atoms with Gasteiger partial charge < -0.3 is 16.0 Å². The second-order valence-electron chi connectivity index (χ2n) is 6.40. The standard InChI is InChI=1S/C17H22F3N5S/c18-17(19,20)12-3-4-15(23-10-12)25-8-5-13(6-9-25)22-7-1-2-14-11-26-16(21)24-14/h3-4,10-11,13,22H,1-2,5-9H2,(H2,21,24). The number of hydrogen-bond acceptors (Lipinski definition) is 6. The summed E-state index contributed by atoms with van der Waals surface area (Å²) in [5.74, 6) is 0.609. The van der Waals surface area contributed by atoms with Crippen LogP contribution < -0.4 is 16.0 Å². The van der Waals surface area contributed by atoms with E-state index in [1.165, 1.54) is 17.4 Å². The van der Waals surface area contributed by atoms with E-state index < -0.39 is 11.7 Å². The number of nitrogens with one attached hydrogen (secondary N) is 1. The topological polar surface area (TPSA) is 67.1 Å². The molecule has 0 atom stereocenters. The first-order chi connectivity index (χ1) is 12.4. The predicted octanol–water partition coefficient (Wildman–Crippen LogP) is 3.33. The fraction of sp³-hybridized carbons (Fsp3) is 0.529. The molecule has 2 aromatic rings. The number of anilines is 2. The Bertz CT molecular complexity index is 693. The predicted molar refractivity (Wildman–Crippen MR) is 97.3 cm³/mol. The number of halogens is 3. The first kappa shape index (κ1) is 18.9. The quantitative estimate of drug-likeness (QED) is 0.747. The number of aryl methyl sites for hydroxylation is 1. The molecule has 0 bridgehead atoms. The number of aromatic nitrogens is 2. The van der Waals surface area contributed by atoms with Gasteiger partial charge in [0.2, 0.25) is 0 Å². The lowest BCUT2D eigenvalue weighted by Crippen LogP contribution is -2.43. The van der Waals surface area contributed by atoms with Crippen molar-refractivity contribution in [1.29, 1.82) is 0 Å². The summed E-state index contributed by atoms with van der Waals surface area (Å²) in [7, 11) is 0. The van der Waals surface area contributed by atoms with Crippen molar-refractivity contribution in [2.75, 3.05) is 30.3 Å². The Kier molecular flexibility index (Phi) is 5.98. The van der Waals surface area contributed by atoms with Crippen molar-refractivity contribution in [3.05, 3.63) is 35.0 Å². The van der Waals surface area contributed by atoms with Crippen LogP contribution in [-0.2, 0) is 12.6 Å². The molecule has 26 heavy (non-hydrogen) atoms. The van der Waals surface area contributed by atoms with Gasteiger partial charge in [0, 0.05) is 30.7 Å². The van der Waals surface area contributed by atoms with E-state index in [2.05, 4.69) is 15.3 Å². The van der Waals surface area contributed by atoms with Gasteiger partial charge in [0.15, 0.2) is 5.13 Å². The Hall–Kier alpha value is -1.87. The van der Waals surface area contributed by atoms with Crippen molar-refractivity contribution in [3.63, 3.8) is 0 Å². The van der Waals surface area contributed by atoms with Gasteiger partial charge in [-0.05, 0) is 44.4 Å². The lowest BCUT2D eigenvalue weighted by molar-refractivity contribution is -0.137. The van der Waals surface area contributed by atoms with Crippen LogP contribution in [-0.4, -0.2) is 35.6 Å². The average Bonchev–Trinajstić information content (AvgIpc) is 3.04. The maximum atomic E-state index is 12.6. The fourth-order valence-electron chi connectivity index (χ4n) is 3.07. The molecular formula is C17H22F3N5S. The molecule has 0 amide bonds. The van der Waals surface area contributed by atoms with Gasteiger partial charge in [-0.25, -0.2) is 9.97 Å². The summed E-state index contributed by atoms with van der Waals surface area (Å²) < 4.78 is 37.8. The summed E-state index contributed by atoms with van der Waals surface area (Å²) in [5.41, 5.74) is 5.95. The smallest absolute Gasteiger partial charge is 0.375 e. The maximum absolute atomic E-state index is 12.6. The molecule has 3 rings (SSSR count). The summed E-state index contributed by atoms with van der Waals surface area (Å²) in [4.78, 5) is 10.3. The molecule has 1 fully saturated rings. The zero-order valence-electron chi connectivity index (χ0n) is 14.3. The van der Waals surface area contributed by atoms with Crippen molar-refractivity contribution in [2.45, 2.75) is 37.9 Å². The van der Waals surface area contributed by atoms with Gasteiger partial charge in [0.25, 0.3) is 0 Å². The SMILES string of the molecule is Nc1nc(CCCNC2CCN(c3ccc(C(F)(F)F)cn3)CC2)cs1. The van der Waals surface area contributed by atoms with Crippen LogP contribution in [0.15, 0.2) is 23.7 Å². The zero-order chi connectivity index (χ0) is 18.6. The number of nitrogen functional groups attached to an aromatic ring is 1. The minimum absolute atomic E-state index is 0.432. The van der Waals surface area contributed by atoms with Crippen LogP contribution in [0.3, 0.4) is 0 Å². The van der Waals surface area contributed by atoms with Gasteiger partial charge in [-0.15, -0.1) is 11.3 Å². The van der Waals surface area contributed by atoms with Crippen LogP contribution in [0.5, 0.6) is 0 Å². The summed E-state index contributed by atoms with van der Waals surface area (Å²) >= 11 is 1.46. The van der Waals surface area contributed by atoms with Crippen LogP contribution in [0.2, 0.25) is 0 Å². The number of nitrogens with two attached hydrogens (primary N) is 1. The monoisotopic (exact) mass is 385 g/mol. The van der Waals surface area contributed by atoms with Crippen LogP contribution >= 0.6 is 11.3 Å². The number of alkyl halides is 3. The van der Waals surface area contributed by atoms with E-state index in [1.54, 1.807) is 0 Å². The molecule has 3 heterocycles. The highest BCUT2D eigenvalue weighted by Crippen LogP contribution is 2.29. The van der Waals surface area contributed by atoms with E-state index >= 15 is 0 Å². The van der Waals surface area contributed by atoms with Crippen molar-refractivity contribution in [1.82, 2.24) is 15.3 Å². The molecule has 0 radical (unpaired) electrons. The van der Waals surface area contributed by atoms with Gasteiger partial charge in [0.05, 0.1) is 11.3 Å². The van der Waals surface area contributed by atoms with Crippen molar-refractivity contribution in [3.8, 4) is 0 Å². The zero-order valence-corrected chi connectivity index (χ0v) is 15.1. The maximum Gasteiger partial charge on any atom is 0.417 e. The molecule has 142 valence electrons. The highest BCUT2D eigenvalue weighted by Gasteiger charge is 2.31. The molecule has 0 aromatic carbocycles. The first-order valence-electron chi connectivity index (χ1n) is 8.63. The number of rotatable bonds is 6. The van der Waals surface area contributed by atoms with Gasteiger partial charge in [0.1, 0.15) is 5.82 Å². The summed E-state index contributed by atoms with van der Waals surface area (Å²) in [6.45, 7) is 2.50. The molecule has 0 spiro atoms. The van der Waals surface area contributed by atoms with Crippen LogP contribution in [0.25, 0.3) is 0 Å². The van der Waals surface area contributed by atoms with Gasteiger partial charge in [-0.1, -0.05) is 0 Å². The lowest BCUT2D eigenvalue weighted by Gasteiger charge is -2.33. The Morgan fingerprint density at radius 1 is 1.27 bits per heavy atom. The molecule has 9 heteroatoms. The number of nitrogens with zero attached hydrogens (tertiary/aromatic N) is 3. The third-order valence-electron chi connectivity index (χ3n) is 4.51. The molecule has 3 N–H and O–H groups in total. The summed E-state index contributed by atoms with van der Waals surface area (Å²) in [5, 5.41) is 6.15. The average molecular weight is 385 g/mol. The second-order valence-corrected chi connectivity index (χ2v) is 7.29. The van der Waals surface area contributed by atoms with Gasteiger partial charge >= 0.3 is 6.18 Å². The molecule has 0 aliphatic carbocycles. The van der Waals surface area contributed by atoms with Crippen LogP contribution in [0, 0.1) is 0 Å². The number of pyridine rings is 1. The highest BCUT2D eigenvalue weighted by molar-refractivity contribution is 7.13.